The third-order valence-corrected chi connectivity index (χ3v) is 4.14. The van der Waals surface area contributed by atoms with Gasteiger partial charge in [0.05, 0.1) is 29.4 Å². The Morgan fingerprint density at radius 1 is 1.45 bits per heavy atom. The van der Waals surface area contributed by atoms with Gasteiger partial charge in [-0.2, -0.15) is 5.10 Å². The molecule has 0 unspecified atom stereocenters. The summed E-state index contributed by atoms with van der Waals surface area (Å²) in [6.45, 7) is 2.04. The Bertz CT molecular complexity index is 635. The molecule has 0 atom stereocenters. The lowest BCUT2D eigenvalue weighted by atomic mass is 10.1. The second-order valence-electron chi connectivity index (χ2n) is 4.52. The van der Waals surface area contributed by atoms with E-state index in [4.69, 9.17) is 4.74 Å². The fourth-order valence-electron chi connectivity index (χ4n) is 2.06. The number of halogens is 1. The van der Waals surface area contributed by atoms with Gasteiger partial charge >= 0.3 is 0 Å². The third kappa shape index (κ3) is 2.93. The minimum Gasteiger partial charge on any atom is -0.497 e. The number of hydrogen-bond donors (Lipinski definition) is 0. The van der Waals surface area contributed by atoms with Crippen molar-refractivity contribution < 1.29 is 9.53 Å². The molecule has 20 heavy (non-hydrogen) atoms. The van der Waals surface area contributed by atoms with Crippen LogP contribution in [-0.4, -0.2) is 22.7 Å². The Labute approximate surface area is 126 Å². The Morgan fingerprint density at radius 3 is 2.80 bits per heavy atom. The number of aryl methyl sites for hydroxylation is 2. The molecular formula is C15H17BrN2O2. The molecule has 0 radical (unpaired) electrons. The van der Waals surface area contributed by atoms with E-state index >= 15 is 0 Å². The number of carbonyl (C=O) groups excluding carboxylic acids is 1. The predicted octanol–water partition coefficient (Wildman–Crippen LogP) is 3.18. The molecule has 2 aromatic rings. The van der Waals surface area contributed by atoms with Crippen LogP contribution in [0.3, 0.4) is 0 Å². The van der Waals surface area contributed by atoms with E-state index in [1.807, 2.05) is 26.1 Å². The zero-order valence-electron chi connectivity index (χ0n) is 11.8. The largest absolute Gasteiger partial charge is 0.497 e. The highest BCUT2D eigenvalue weighted by atomic mass is 79.9. The second-order valence-corrected chi connectivity index (χ2v) is 5.31. The Hall–Kier alpha value is -1.62. The molecule has 1 aromatic carbocycles. The molecule has 0 bridgehead atoms. The van der Waals surface area contributed by atoms with E-state index in [1.54, 1.807) is 23.9 Å². The molecule has 0 amide bonds. The highest BCUT2D eigenvalue weighted by Gasteiger charge is 2.17. The number of benzene rings is 1. The van der Waals surface area contributed by atoms with Crippen molar-refractivity contribution in [3.8, 4) is 5.75 Å². The monoisotopic (exact) mass is 336 g/mol. The molecule has 0 spiro atoms. The van der Waals surface area contributed by atoms with Crippen LogP contribution in [-0.2, 0) is 19.9 Å². The van der Waals surface area contributed by atoms with Gasteiger partial charge in [-0.05, 0) is 34.5 Å². The summed E-state index contributed by atoms with van der Waals surface area (Å²) in [6, 6.07) is 7.21. The van der Waals surface area contributed by atoms with Gasteiger partial charge in [-0.15, -0.1) is 0 Å². The van der Waals surface area contributed by atoms with E-state index in [0.29, 0.717) is 17.7 Å². The van der Waals surface area contributed by atoms with E-state index in [0.717, 1.165) is 22.3 Å². The van der Waals surface area contributed by atoms with Gasteiger partial charge in [0.15, 0.2) is 5.78 Å². The van der Waals surface area contributed by atoms with Crippen LogP contribution < -0.4 is 4.74 Å². The highest BCUT2D eigenvalue weighted by Crippen LogP contribution is 2.23. The predicted molar refractivity (Wildman–Crippen MR) is 81.3 cm³/mol. The number of nitrogens with zero attached hydrogens (tertiary/aromatic N) is 2. The molecule has 0 aliphatic rings. The normalized spacial score (nSPS) is 10.6. The van der Waals surface area contributed by atoms with E-state index in [2.05, 4.69) is 21.0 Å². The van der Waals surface area contributed by atoms with Crippen molar-refractivity contribution in [1.29, 1.82) is 0 Å². The SMILES string of the molecule is CCc1nn(C)c(CC(=O)c2cccc(OC)c2)c1Br. The van der Waals surface area contributed by atoms with Crippen molar-refractivity contribution >= 4 is 21.7 Å². The maximum atomic E-state index is 12.4. The summed E-state index contributed by atoms with van der Waals surface area (Å²) in [7, 11) is 3.45. The zero-order valence-corrected chi connectivity index (χ0v) is 13.4. The van der Waals surface area contributed by atoms with Gasteiger partial charge in [0.1, 0.15) is 5.75 Å². The van der Waals surface area contributed by atoms with Crippen LogP contribution in [0, 0.1) is 0 Å². The average Bonchev–Trinajstić information content (AvgIpc) is 2.74. The van der Waals surface area contributed by atoms with Gasteiger partial charge in [0.25, 0.3) is 0 Å². The summed E-state index contributed by atoms with van der Waals surface area (Å²) in [4.78, 5) is 12.4. The molecule has 1 aromatic heterocycles. The number of hydrogen-bond acceptors (Lipinski definition) is 3. The van der Waals surface area contributed by atoms with Crippen molar-refractivity contribution in [2.24, 2.45) is 7.05 Å². The van der Waals surface area contributed by atoms with Crippen molar-refractivity contribution in [3.63, 3.8) is 0 Å². The van der Waals surface area contributed by atoms with Crippen LogP contribution in [0.4, 0.5) is 0 Å². The number of methoxy groups -OCH3 is 1. The first-order valence-electron chi connectivity index (χ1n) is 6.44. The first kappa shape index (κ1) is 14.8. The molecule has 106 valence electrons. The van der Waals surface area contributed by atoms with Crippen LogP contribution >= 0.6 is 15.9 Å². The summed E-state index contributed by atoms with van der Waals surface area (Å²) in [6.07, 6.45) is 1.15. The summed E-state index contributed by atoms with van der Waals surface area (Å²) < 4.78 is 7.84. The van der Waals surface area contributed by atoms with Crippen molar-refractivity contribution in [3.05, 3.63) is 45.7 Å². The van der Waals surface area contributed by atoms with Gasteiger partial charge in [-0.25, -0.2) is 0 Å². The number of Topliss-reactive ketones (excluding diaryl/α,β-unsaturated/α-hetero) is 1. The van der Waals surface area contributed by atoms with Gasteiger partial charge in [-0.1, -0.05) is 19.1 Å². The van der Waals surface area contributed by atoms with Crippen molar-refractivity contribution in [2.75, 3.05) is 7.11 Å². The van der Waals surface area contributed by atoms with Gasteiger partial charge < -0.3 is 4.74 Å². The number of carbonyl (C=O) groups is 1. The molecule has 1 heterocycles. The standard InChI is InChI=1S/C15H17BrN2O2/c1-4-12-15(16)13(18(2)17-12)9-14(19)10-6-5-7-11(8-10)20-3/h5-8H,4,9H2,1-3H3. The second kappa shape index (κ2) is 6.22. The smallest absolute Gasteiger partial charge is 0.168 e. The number of rotatable bonds is 5. The van der Waals surface area contributed by atoms with Gasteiger partial charge in [-0.3, -0.25) is 9.48 Å². The van der Waals surface area contributed by atoms with Crippen LogP contribution in [0.1, 0.15) is 28.7 Å². The highest BCUT2D eigenvalue weighted by molar-refractivity contribution is 9.10. The number of ketones is 1. The maximum absolute atomic E-state index is 12.4. The zero-order chi connectivity index (χ0) is 14.7. The quantitative estimate of drug-likeness (QED) is 0.787. The lowest BCUT2D eigenvalue weighted by Crippen LogP contribution is -2.08. The molecule has 0 aliphatic carbocycles. The minimum atomic E-state index is 0.0512. The van der Waals surface area contributed by atoms with E-state index < -0.39 is 0 Å². The molecular weight excluding hydrogens is 320 g/mol. The van der Waals surface area contributed by atoms with E-state index in [9.17, 15) is 4.79 Å². The molecule has 5 heteroatoms. The Balaban J connectivity index is 2.25. The fraction of sp³-hybridized carbons (Fsp3) is 0.333. The minimum absolute atomic E-state index is 0.0512. The van der Waals surface area contributed by atoms with E-state index in [1.165, 1.54) is 0 Å². The lowest BCUT2D eigenvalue weighted by molar-refractivity contribution is 0.0990. The van der Waals surface area contributed by atoms with Gasteiger partial charge in [0, 0.05) is 12.6 Å². The topological polar surface area (TPSA) is 44.1 Å². The lowest BCUT2D eigenvalue weighted by Gasteiger charge is -2.05. The molecule has 0 saturated carbocycles. The van der Waals surface area contributed by atoms with Gasteiger partial charge in [0.2, 0.25) is 0 Å². The average molecular weight is 337 g/mol. The number of ether oxygens (including phenoxy) is 1. The van der Waals surface area contributed by atoms with Crippen LogP contribution in [0.25, 0.3) is 0 Å². The molecule has 0 aliphatic heterocycles. The van der Waals surface area contributed by atoms with Crippen LogP contribution in [0.2, 0.25) is 0 Å². The Kier molecular flexibility index (Phi) is 4.60. The molecule has 2 rings (SSSR count). The molecule has 0 saturated heterocycles. The first-order valence-corrected chi connectivity index (χ1v) is 7.23. The fourth-order valence-corrected chi connectivity index (χ4v) is 2.82. The van der Waals surface area contributed by atoms with Crippen LogP contribution in [0.5, 0.6) is 5.75 Å². The maximum Gasteiger partial charge on any atom is 0.168 e. The first-order chi connectivity index (χ1) is 9.56. The van der Waals surface area contributed by atoms with Crippen LogP contribution in [0.15, 0.2) is 28.7 Å². The van der Waals surface area contributed by atoms with Crippen molar-refractivity contribution in [2.45, 2.75) is 19.8 Å². The van der Waals surface area contributed by atoms with Crippen molar-refractivity contribution in [1.82, 2.24) is 9.78 Å². The molecule has 0 N–H and O–H groups in total. The molecule has 0 fully saturated rings. The Morgan fingerprint density at radius 2 is 2.20 bits per heavy atom. The third-order valence-electron chi connectivity index (χ3n) is 3.22. The summed E-state index contributed by atoms with van der Waals surface area (Å²) >= 11 is 3.53. The summed E-state index contributed by atoms with van der Waals surface area (Å²) in [5.74, 6) is 0.740. The molecule has 4 nitrogen and oxygen atoms in total. The summed E-state index contributed by atoms with van der Waals surface area (Å²) in [5, 5.41) is 4.40. The summed E-state index contributed by atoms with van der Waals surface area (Å²) in [5.41, 5.74) is 2.52. The number of aromatic nitrogens is 2. The van der Waals surface area contributed by atoms with E-state index in [-0.39, 0.29) is 5.78 Å².